The largest absolute Gasteiger partial charge is 0.348 e. The Labute approximate surface area is 106 Å². The van der Waals surface area contributed by atoms with E-state index >= 15 is 0 Å². The summed E-state index contributed by atoms with van der Waals surface area (Å²) in [5.74, 6) is 0.985. The van der Waals surface area contributed by atoms with Gasteiger partial charge in [0.15, 0.2) is 5.82 Å². The predicted molar refractivity (Wildman–Crippen MR) is 70.7 cm³/mol. The molecule has 2 N–H and O–H groups in total. The van der Waals surface area contributed by atoms with Crippen molar-refractivity contribution in [3.63, 3.8) is 0 Å². The molecule has 1 saturated heterocycles. The summed E-state index contributed by atoms with van der Waals surface area (Å²) in [6.45, 7) is 3.61. The number of piperazine rings is 1. The van der Waals surface area contributed by atoms with Gasteiger partial charge in [-0.3, -0.25) is 0 Å². The van der Waals surface area contributed by atoms with E-state index in [1.54, 1.807) is 12.4 Å². The van der Waals surface area contributed by atoms with Gasteiger partial charge in [0.2, 0.25) is 0 Å². The molecule has 3 heterocycles. The summed E-state index contributed by atoms with van der Waals surface area (Å²) in [7, 11) is 2.13. The average Bonchev–Trinajstić information content (AvgIpc) is 2.86. The Balaban J connectivity index is 2.00. The van der Waals surface area contributed by atoms with Gasteiger partial charge in [-0.05, 0) is 13.1 Å². The molecule has 0 amide bonds. The Morgan fingerprint density at radius 1 is 1.39 bits per heavy atom. The summed E-state index contributed by atoms with van der Waals surface area (Å²) in [6, 6.07) is 2.31. The number of hydrogen-bond acceptors (Lipinski definition) is 5. The van der Waals surface area contributed by atoms with Crippen molar-refractivity contribution in [3.8, 4) is 0 Å². The molecule has 1 aliphatic heterocycles. The monoisotopic (exact) mass is 246 g/mol. The van der Waals surface area contributed by atoms with Crippen LogP contribution in [-0.2, 0) is 0 Å². The molecule has 0 radical (unpaired) electrons. The zero-order chi connectivity index (χ0) is 12.5. The molecule has 96 valence electrons. The summed E-state index contributed by atoms with van der Waals surface area (Å²) >= 11 is 0. The van der Waals surface area contributed by atoms with Crippen molar-refractivity contribution in [2.24, 2.45) is 5.73 Å². The highest BCUT2D eigenvalue weighted by molar-refractivity contribution is 5.68. The van der Waals surface area contributed by atoms with Crippen molar-refractivity contribution in [3.05, 3.63) is 24.7 Å². The second-order valence-electron chi connectivity index (χ2n) is 4.76. The van der Waals surface area contributed by atoms with Crippen molar-refractivity contribution >= 4 is 11.3 Å². The van der Waals surface area contributed by atoms with Crippen LogP contribution in [0.2, 0.25) is 0 Å². The van der Waals surface area contributed by atoms with Gasteiger partial charge in [-0.15, -0.1) is 0 Å². The van der Waals surface area contributed by atoms with E-state index < -0.39 is 0 Å². The molecule has 3 rings (SSSR count). The van der Waals surface area contributed by atoms with Gasteiger partial charge in [0.25, 0.3) is 0 Å². The Morgan fingerprint density at radius 2 is 2.28 bits per heavy atom. The minimum absolute atomic E-state index is 0.317. The molecule has 0 saturated carbocycles. The summed E-state index contributed by atoms with van der Waals surface area (Å²) in [4.78, 5) is 9.13. The fraction of sp³-hybridized carbons (Fsp3) is 0.500. The zero-order valence-electron chi connectivity index (χ0n) is 10.5. The van der Waals surface area contributed by atoms with Crippen LogP contribution in [0.3, 0.4) is 0 Å². The molecule has 0 aromatic carbocycles. The lowest BCUT2D eigenvalue weighted by Crippen LogP contribution is -2.55. The van der Waals surface area contributed by atoms with Crippen molar-refractivity contribution < 1.29 is 0 Å². The van der Waals surface area contributed by atoms with Gasteiger partial charge in [0, 0.05) is 38.6 Å². The van der Waals surface area contributed by atoms with Gasteiger partial charge in [0.1, 0.15) is 5.52 Å². The number of nitrogens with two attached hydrogens (primary N) is 1. The van der Waals surface area contributed by atoms with E-state index in [0.717, 1.165) is 31.0 Å². The Morgan fingerprint density at radius 3 is 3.11 bits per heavy atom. The van der Waals surface area contributed by atoms with E-state index in [4.69, 9.17) is 5.73 Å². The minimum Gasteiger partial charge on any atom is -0.348 e. The molecular weight excluding hydrogens is 228 g/mol. The number of anilines is 1. The van der Waals surface area contributed by atoms with Crippen LogP contribution in [0.4, 0.5) is 5.82 Å². The van der Waals surface area contributed by atoms with Gasteiger partial charge in [0.05, 0.1) is 12.2 Å². The summed E-state index contributed by atoms with van der Waals surface area (Å²) < 4.78 is 1.86. The first-order valence-electron chi connectivity index (χ1n) is 6.23. The van der Waals surface area contributed by atoms with Gasteiger partial charge in [-0.2, -0.15) is 5.10 Å². The van der Waals surface area contributed by atoms with Crippen LogP contribution < -0.4 is 10.6 Å². The maximum Gasteiger partial charge on any atom is 0.155 e. The van der Waals surface area contributed by atoms with Gasteiger partial charge in [-0.1, -0.05) is 0 Å². The third-order valence-electron chi connectivity index (χ3n) is 3.53. The number of nitrogens with zero attached hydrogens (tertiary/aromatic N) is 5. The first kappa shape index (κ1) is 11.4. The van der Waals surface area contributed by atoms with Crippen molar-refractivity contribution in [1.29, 1.82) is 0 Å². The lowest BCUT2D eigenvalue weighted by Gasteiger charge is -2.40. The Bertz CT molecular complexity index is 536. The van der Waals surface area contributed by atoms with Crippen LogP contribution in [0, 0.1) is 0 Å². The Kier molecular flexibility index (Phi) is 2.89. The average molecular weight is 246 g/mol. The molecule has 6 heteroatoms. The lowest BCUT2D eigenvalue weighted by molar-refractivity contribution is 0.269. The van der Waals surface area contributed by atoms with Crippen LogP contribution in [-0.4, -0.2) is 58.8 Å². The molecule has 1 fully saturated rings. The standard InChI is InChI=1S/C12H18N6/c1-16-6-7-17(10(8-13)9-16)12-11-2-3-15-18(11)5-4-14-12/h2-5,10H,6-9,13H2,1H3. The molecule has 1 aliphatic rings. The lowest BCUT2D eigenvalue weighted by atomic mass is 10.1. The second-order valence-corrected chi connectivity index (χ2v) is 4.76. The van der Waals surface area contributed by atoms with Gasteiger partial charge >= 0.3 is 0 Å². The number of rotatable bonds is 2. The topological polar surface area (TPSA) is 62.7 Å². The molecule has 6 nitrogen and oxygen atoms in total. The van der Waals surface area contributed by atoms with E-state index in [-0.39, 0.29) is 0 Å². The highest BCUT2D eigenvalue weighted by atomic mass is 15.3. The molecule has 2 aromatic rings. The smallest absolute Gasteiger partial charge is 0.155 e. The molecule has 0 bridgehead atoms. The van der Waals surface area contributed by atoms with Crippen LogP contribution >= 0.6 is 0 Å². The molecule has 18 heavy (non-hydrogen) atoms. The maximum atomic E-state index is 5.89. The Hall–Kier alpha value is -1.66. The highest BCUT2D eigenvalue weighted by Crippen LogP contribution is 2.22. The maximum absolute atomic E-state index is 5.89. The molecule has 0 spiro atoms. The van der Waals surface area contributed by atoms with E-state index in [2.05, 4.69) is 26.9 Å². The first-order chi connectivity index (χ1) is 8.79. The van der Waals surface area contributed by atoms with Crippen LogP contribution in [0.5, 0.6) is 0 Å². The van der Waals surface area contributed by atoms with E-state index in [0.29, 0.717) is 12.6 Å². The van der Waals surface area contributed by atoms with E-state index in [1.807, 2.05) is 16.8 Å². The molecular formula is C12H18N6. The quantitative estimate of drug-likeness (QED) is 0.795. The fourth-order valence-corrected chi connectivity index (χ4v) is 2.56. The first-order valence-corrected chi connectivity index (χ1v) is 6.23. The normalized spacial score (nSPS) is 21.7. The van der Waals surface area contributed by atoms with E-state index in [9.17, 15) is 0 Å². The van der Waals surface area contributed by atoms with Crippen LogP contribution in [0.15, 0.2) is 24.7 Å². The van der Waals surface area contributed by atoms with Crippen molar-refractivity contribution in [2.45, 2.75) is 6.04 Å². The molecule has 1 atom stereocenters. The van der Waals surface area contributed by atoms with Crippen LogP contribution in [0.25, 0.3) is 5.52 Å². The predicted octanol–water partition coefficient (Wildman–Crippen LogP) is -0.192. The van der Waals surface area contributed by atoms with E-state index in [1.165, 1.54) is 0 Å². The highest BCUT2D eigenvalue weighted by Gasteiger charge is 2.26. The van der Waals surface area contributed by atoms with Crippen molar-refractivity contribution in [2.75, 3.05) is 38.1 Å². The fourth-order valence-electron chi connectivity index (χ4n) is 2.56. The zero-order valence-corrected chi connectivity index (χ0v) is 10.5. The summed E-state index contributed by atoms with van der Waals surface area (Å²) in [5, 5.41) is 4.25. The second kappa shape index (κ2) is 4.55. The number of hydrogen-bond donors (Lipinski definition) is 1. The minimum atomic E-state index is 0.317. The third kappa shape index (κ3) is 1.83. The SMILES string of the molecule is CN1CCN(c2nccn3nccc23)C(CN)C1. The number of likely N-dealkylation sites (N-methyl/N-ethyl adjacent to an activating group) is 1. The number of fused-ring (bicyclic) bond motifs is 1. The van der Waals surface area contributed by atoms with Crippen molar-refractivity contribution in [1.82, 2.24) is 19.5 Å². The molecule has 1 unspecified atom stereocenters. The summed E-state index contributed by atoms with van der Waals surface area (Å²) in [5.41, 5.74) is 6.94. The number of aromatic nitrogens is 3. The molecule has 2 aromatic heterocycles. The summed E-state index contributed by atoms with van der Waals surface area (Å²) in [6.07, 6.45) is 5.46. The van der Waals surface area contributed by atoms with Gasteiger partial charge in [-0.25, -0.2) is 9.50 Å². The third-order valence-corrected chi connectivity index (χ3v) is 3.53. The van der Waals surface area contributed by atoms with Gasteiger partial charge < -0.3 is 15.5 Å². The van der Waals surface area contributed by atoms with Crippen LogP contribution in [0.1, 0.15) is 0 Å². The molecule has 0 aliphatic carbocycles.